The lowest BCUT2D eigenvalue weighted by Gasteiger charge is -2.22. The maximum Gasteiger partial charge on any atom is 0.304 e. The number of aliphatic hydroxyl groups excluding tert-OH is 1. The van der Waals surface area contributed by atoms with E-state index in [0.717, 1.165) is 42.7 Å². The van der Waals surface area contributed by atoms with Gasteiger partial charge >= 0.3 is 5.97 Å². The van der Waals surface area contributed by atoms with Crippen molar-refractivity contribution in [1.29, 1.82) is 0 Å². The average Bonchev–Trinajstić information content (AvgIpc) is 2.93. The third-order valence-corrected chi connectivity index (χ3v) is 4.81. The van der Waals surface area contributed by atoms with Gasteiger partial charge in [-0.3, -0.25) is 4.79 Å². The van der Waals surface area contributed by atoms with Crippen molar-refractivity contribution in [3.05, 3.63) is 17.0 Å². The van der Waals surface area contributed by atoms with E-state index in [2.05, 4.69) is 19.0 Å². The third-order valence-electron chi connectivity index (χ3n) is 4.81. The van der Waals surface area contributed by atoms with E-state index < -0.39 is 5.97 Å². The second-order valence-electron chi connectivity index (χ2n) is 7.13. The zero-order valence-corrected chi connectivity index (χ0v) is 14.3. The lowest BCUT2D eigenvalue weighted by Crippen LogP contribution is -2.13. The molecule has 2 unspecified atom stereocenters. The highest BCUT2D eigenvalue weighted by molar-refractivity contribution is 5.68. The van der Waals surface area contributed by atoms with Crippen molar-refractivity contribution in [1.82, 2.24) is 5.16 Å². The van der Waals surface area contributed by atoms with E-state index >= 15 is 0 Å². The molecule has 23 heavy (non-hydrogen) atoms. The number of hydrogen-bond donors (Lipinski definition) is 2. The molecule has 0 aliphatic heterocycles. The number of carbonyl (C=O) groups is 1. The SMILES string of the molecule is CC(C)CCC1CCCc2c(C(CCCO)CC(=O)O)noc21. The quantitative estimate of drug-likeness (QED) is 0.721. The van der Waals surface area contributed by atoms with Crippen LogP contribution < -0.4 is 0 Å². The number of aromatic nitrogens is 1. The van der Waals surface area contributed by atoms with E-state index in [1.807, 2.05) is 0 Å². The molecular formula is C18H29NO4. The Labute approximate surface area is 138 Å². The maximum absolute atomic E-state index is 11.2. The molecule has 0 bridgehead atoms. The summed E-state index contributed by atoms with van der Waals surface area (Å²) in [7, 11) is 0. The number of fused-ring (bicyclic) bond motifs is 1. The van der Waals surface area contributed by atoms with Crippen molar-refractivity contribution in [3.63, 3.8) is 0 Å². The molecule has 5 heteroatoms. The van der Waals surface area contributed by atoms with Crippen molar-refractivity contribution < 1.29 is 19.5 Å². The van der Waals surface area contributed by atoms with E-state index in [9.17, 15) is 4.79 Å². The molecule has 5 nitrogen and oxygen atoms in total. The molecule has 0 radical (unpaired) electrons. The monoisotopic (exact) mass is 323 g/mol. The molecule has 0 aromatic carbocycles. The number of nitrogens with zero attached hydrogens (tertiary/aromatic N) is 1. The smallest absolute Gasteiger partial charge is 0.304 e. The molecule has 2 atom stereocenters. The molecule has 0 fully saturated rings. The molecule has 130 valence electrons. The lowest BCUT2D eigenvalue weighted by molar-refractivity contribution is -0.137. The molecule has 0 amide bonds. The standard InChI is InChI=1S/C18H29NO4/c1-12(2)8-9-13-5-3-7-15-17(19-23-18(13)15)14(6-4-10-20)11-16(21)22/h12-14,20H,3-11H2,1-2H3,(H,21,22). The van der Waals surface area contributed by atoms with Crippen molar-refractivity contribution >= 4 is 5.97 Å². The highest BCUT2D eigenvalue weighted by Gasteiger charge is 2.31. The minimum absolute atomic E-state index is 0.0512. The van der Waals surface area contributed by atoms with Gasteiger partial charge in [-0.15, -0.1) is 0 Å². The number of carboxylic acid groups (broad SMARTS) is 1. The van der Waals surface area contributed by atoms with E-state index in [0.29, 0.717) is 24.7 Å². The number of aliphatic carboxylic acids is 1. The van der Waals surface area contributed by atoms with Crippen molar-refractivity contribution in [3.8, 4) is 0 Å². The molecule has 0 saturated heterocycles. The number of carboxylic acids is 1. The maximum atomic E-state index is 11.2. The minimum atomic E-state index is -0.822. The highest BCUT2D eigenvalue weighted by atomic mass is 16.5. The first-order valence-corrected chi connectivity index (χ1v) is 8.83. The van der Waals surface area contributed by atoms with Crippen LogP contribution in [0.25, 0.3) is 0 Å². The summed E-state index contributed by atoms with van der Waals surface area (Å²) in [4.78, 5) is 11.2. The first-order valence-electron chi connectivity index (χ1n) is 8.83. The van der Waals surface area contributed by atoms with Crippen LogP contribution in [0.2, 0.25) is 0 Å². The van der Waals surface area contributed by atoms with E-state index in [4.69, 9.17) is 14.7 Å². The summed E-state index contributed by atoms with van der Waals surface area (Å²) in [5.74, 6) is 1.11. The molecule has 1 aromatic heterocycles. The van der Waals surface area contributed by atoms with Gasteiger partial charge in [-0.2, -0.15) is 0 Å². The van der Waals surface area contributed by atoms with Crippen LogP contribution in [-0.2, 0) is 11.2 Å². The first kappa shape index (κ1) is 18.0. The fourth-order valence-corrected chi connectivity index (χ4v) is 3.58. The van der Waals surface area contributed by atoms with Crippen LogP contribution in [0, 0.1) is 5.92 Å². The van der Waals surface area contributed by atoms with Gasteiger partial charge in [0.25, 0.3) is 0 Å². The Balaban J connectivity index is 2.18. The number of aliphatic hydroxyl groups is 1. The third kappa shape index (κ3) is 4.80. The Morgan fingerprint density at radius 2 is 2.17 bits per heavy atom. The summed E-state index contributed by atoms with van der Waals surface area (Å²) < 4.78 is 5.67. The molecule has 2 rings (SSSR count). The zero-order chi connectivity index (χ0) is 16.8. The highest BCUT2D eigenvalue weighted by Crippen LogP contribution is 2.40. The van der Waals surface area contributed by atoms with E-state index in [1.54, 1.807) is 0 Å². The number of rotatable bonds is 9. The Morgan fingerprint density at radius 1 is 1.39 bits per heavy atom. The predicted molar refractivity (Wildman–Crippen MR) is 87.6 cm³/mol. The van der Waals surface area contributed by atoms with Crippen LogP contribution in [0.3, 0.4) is 0 Å². The van der Waals surface area contributed by atoms with Crippen molar-refractivity contribution in [2.45, 2.75) is 77.0 Å². The molecule has 1 aliphatic carbocycles. The molecule has 1 heterocycles. The molecule has 0 spiro atoms. The van der Waals surface area contributed by atoms with Gasteiger partial charge in [0.1, 0.15) is 5.76 Å². The van der Waals surface area contributed by atoms with Gasteiger partial charge in [-0.05, 0) is 44.4 Å². The zero-order valence-electron chi connectivity index (χ0n) is 14.3. The summed E-state index contributed by atoms with van der Waals surface area (Å²) in [6.07, 6.45) is 6.74. The van der Waals surface area contributed by atoms with Crippen LogP contribution in [0.5, 0.6) is 0 Å². The van der Waals surface area contributed by atoms with Crippen LogP contribution in [0.1, 0.15) is 87.6 Å². The average molecular weight is 323 g/mol. The van der Waals surface area contributed by atoms with Gasteiger partial charge in [0.2, 0.25) is 0 Å². The van der Waals surface area contributed by atoms with Crippen LogP contribution in [-0.4, -0.2) is 27.9 Å². The molecule has 1 aliphatic rings. The normalized spacial score (nSPS) is 18.9. The Hall–Kier alpha value is -1.36. The second-order valence-corrected chi connectivity index (χ2v) is 7.13. The minimum Gasteiger partial charge on any atom is -0.481 e. The van der Waals surface area contributed by atoms with Crippen LogP contribution in [0.15, 0.2) is 4.52 Å². The van der Waals surface area contributed by atoms with Gasteiger partial charge in [0.15, 0.2) is 0 Å². The Morgan fingerprint density at radius 3 is 2.83 bits per heavy atom. The number of hydrogen-bond acceptors (Lipinski definition) is 4. The fourth-order valence-electron chi connectivity index (χ4n) is 3.58. The van der Waals surface area contributed by atoms with Gasteiger partial charge in [0.05, 0.1) is 12.1 Å². The Bertz CT molecular complexity index is 509. The summed E-state index contributed by atoms with van der Waals surface area (Å²) in [5, 5.41) is 22.5. The lowest BCUT2D eigenvalue weighted by atomic mass is 9.81. The molecule has 1 aromatic rings. The van der Waals surface area contributed by atoms with Crippen LogP contribution in [0.4, 0.5) is 0 Å². The van der Waals surface area contributed by atoms with Gasteiger partial charge in [0, 0.05) is 24.0 Å². The summed E-state index contributed by atoms with van der Waals surface area (Å²) in [5.41, 5.74) is 1.97. The molecule has 2 N–H and O–H groups in total. The summed E-state index contributed by atoms with van der Waals surface area (Å²) in [6, 6.07) is 0. The topological polar surface area (TPSA) is 83.6 Å². The predicted octanol–water partition coefficient (Wildman–Crippen LogP) is 3.86. The molecule has 0 saturated carbocycles. The van der Waals surface area contributed by atoms with Crippen molar-refractivity contribution in [2.24, 2.45) is 5.92 Å². The largest absolute Gasteiger partial charge is 0.481 e. The van der Waals surface area contributed by atoms with Gasteiger partial charge in [-0.25, -0.2) is 0 Å². The molecular weight excluding hydrogens is 294 g/mol. The summed E-state index contributed by atoms with van der Waals surface area (Å²) in [6.45, 7) is 4.54. The fraction of sp³-hybridized carbons (Fsp3) is 0.778. The van der Waals surface area contributed by atoms with Gasteiger partial charge < -0.3 is 14.7 Å². The second kappa shape index (κ2) is 8.48. The van der Waals surface area contributed by atoms with Crippen LogP contribution >= 0.6 is 0 Å². The Kier molecular flexibility index (Phi) is 6.63. The van der Waals surface area contributed by atoms with Gasteiger partial charge in [-0.1, -0.05) is 25.4 Å². The van der Waals surface area contributed by atoms with E-state index in [1.165, 1.54) is 6.42 Å². The van der Waals surface area contributed by atoms with E-state index in [-0.39, 0.29) is 18.9 Å². The first-order chi connectivity index (χ1) is 11.0. The summed E-state index contributed by atoms with van der Waals surface area (Å²) >= 11 is 0. The van der Waals surface area contributed by atoms with Crippen molar-refractivity contribution in [2.75, 3.05) is 6.61 Å².